The first kappa shape index (κ1) is 10.6. The Morgan fingerprint density at radius 2 is 2.07 bits per heavy atom. The van der Waals surface area contributed by atoms with Crippen molar-refractivity contribution >= 4 is 17.3 Å². The van der Waals surface area contributed by atoms with Gasteiger partial charge in [0.05, 0.1) is 11.4 Å². The predicted octanol–water partition coefficient (Wildman–Crippen LogP) is 2.03. The quantitative estimate of drug-likeness (QED) is 0.745. The van der Waals surface area contributed by atoms with Gasteiger partial charge in [-0.05, 0) is 18.6 Å². The minimum absolute atomic E-state index is 0.102. The van der Waals surface area contributed by atoms with Gasteiger partial charge in [-0.2, -0.15) is 0 Å². The van der Waals surface area contributed by atoms with Crippen molar-refractivity contribution in [2.45, 2.75) is 19.8 Å². The third kappa shape index (κ3) is 2.25. The third-order valence-electron chi connectivity index (χ3n) is 2.14. The van der Waals surface area contributed by atoms with Crippen LogP contribution in [0.4, 0.5) is 11.4 Å². The van der Waals surface area contributed by atoms with E-state index in [2.05, 4.69) is 0 Å². The molecule has 0 saturated heterocycles. The summed E-state index contributed by atoms with van der Waals surface area (Å²) in [5.41, 5.74) is 7.18. The minimum atomic E-state index is 0.102. The summed E-state index contributed by atoms with van der Waals surface area (Å²) in [5.74, 6) is 0.102. The molecule has 0 radical (unpaired) electrons. The van der Waals surface area contributed by atoms with Crippen molar-refractivity contribution in [2.24, 2.45) is 0 Å². The lowest BCUT2D eigenvalue weighted by Gasteiger charge is -2.18. The van der Waals surface area contributed by atoms with Crippen molar-refractivity contribution in [1.29, 1.82) is 0 Å². The van der Waals surface area contributed by atoms with Crippen LogP contribution in [-0.2, 0) is 4.79 Å². The van der Waals surface area contributed by atoms with E-state index in [-0.39, 0.29) is 5.91 Å². The smallest absolute Gasteiger partial charge is 0.226 e. The molecule has 1 amide bonds. The lowest BCUT2D eigenvalue weighted by molar-refractivity contribution is -0.118. The normalized spacial score (nSPS) is 9.86. The maximum Gasteiger partial charge on any atom is 0.226 e. The first-order valence-electron chi connectivity index (χ1n) is 4.78. The van der Waals surface area contributed by atoms with E-state index in [1.807, 2.05) is 25.1 Å². The summed E-state index contributed by atoms with van der Waals surface area (Å²) in [5, 5.41) is 0. The van der Waals surface area contributed by atoms with E-state index >= 15 is 0 Å². The van der Waals surface area contributed by atoms with Crippen molar-refractivity contribution in [3.05, 3.63) is 24.3 Å². The van der Waals surface area contributed by atoms with Crippen LogP contribution >= 0.6 is 0 Å². The Morgan fingerprint density at radius 3 is 2.64 bits per heavy atom. The van der Waals surface area contributed by atoms with E-state index in [1.165, 1.54) is 0 Å². The van der Waals surface area contributed by atoms with Crippen LogP contribution in [0.2, 0.25) is 0 Å². The summed E-state index contributed by atoms with van der Waals surface area (Å²) in [6.07, 6.45) is 1.42. The van der Waals surface area contributed by atoms with Crippen LogP contribution in [0.1, 0.15) is 19.8 Å². The molecule has 0 heterocycles. The van der Waals surface area contributed by atoms with E-state index in [9.17, 15) is 4.79 Å². The topological polar surface area (TPSA) is 46.3 Å². The number of para-hydroxylation sites is 2. The molecule has 0 saturated carbocycles. The highest BCUT2D eigenvalue weighted by Gasteiger charge is 2.11. The molecule has 2 N–H and O–H groups in total. The van der Waals surface area contributed by atoms with Gasteiger partial charge in [0, 0.05) is 13.5 Å². The van der Waals surface area contributed by atoms with Crippen molar-refractivity contribution in [1.82, 2.24) is 0 Å². The molecule has 1 aromatic rings. The minimum Gasteiger partial charge on any atom is -0.397 e. The van der Waals surface area contributed by atoms with Crippen LogP contribution in [0, 0.1) is 0 Å². The zero-order valence-electron chi connectivity index (χ0n) is 8.66. The highest BCUT2D eigenvalue weighted by atomic mass is 16.2. The van der Waals surface area contributed by atoms with E-state index < -0.39 is 0 Å². The zero-order chi connectivity index (χ0) is 10.6. The van der Waals surface area contributed by atoms with E-state index in [4.69, 9.17) is 5.73 Å². The summed E-state index contributed by atoms with van der Waals surface area (Å²) in [6.45, 7) is 1.99. The average Bonchev–Trinajstić information content (AvgIpc) is 2.18. The summed E-state index contributed by atoms with van der Waals surface area (Å²) in [7, 11) is 1.75. The fourth-order valence-corrected chi connectivity index (χ4v) is 1.31. The molecule has 0 aromatic heterocycles. The molecule has 14 heavy (non-hydrogen) atoms. The Balaban J connectivity index is 2.84. The molecule has 1 aromatic carbocycles. The summed E-state index contributed by atoms with van der Waals surface area (Å²) in [6, 6.07) is 7.38. The number of benzene rings is 1. The Bertz CT molecular complexity index is 323. The fraction of sp³-hybridized carbons (Fsp3) is 0.364. The highest BCUT2D eigenvalue weighted by molar-refractivity contribution is 5.95. The number of nitrogens with two attached hydrogens (primary N) is 1. The molecule has 3 heteroatoms. The maximum atomic E-state index is 11.6. The van der Waals surface area contributed by atoms with Gasteiger partial charge in [-0.1, -0.05) is 19.1 Å². The predicted molar refractivity (Wildman–Crippen MR) is 59.2 cm³/mol. The molecule has 0 bridgehead atoms. The number of nitrogens with zero attached hydrogens (tertiary/aromatic N) is 1. The molecular formula is C11H16N2O. The van der Waals surface area contributed by atoms with Crippen LogP contribution in [0.3, 0.4) is 0 Å². The van der Waals surface area contributed by atoms with Crippen LogP contribution in [0.25, 0.3) is 0 Å². The van der Waals surface area contributed by atoms with Crippen LogP contribution in [0.5, 0.6) is 0 Å². The van der Waals surface area contributed by atoms with E-state index in [0.717, 1.165) is 12.1 Å². The van der Waals surface area contributed by atoms with Crippen molar-refractivity contribution in [3.8, 4) is 0 Å². The second-order valence-corrected chi connectivity index (χ2v) is 3.26. The number of hydrogen-bond acceptors (Lipinski definition) is 2. The van der Waals surface area contributed by atoms with Crippen LogP contribution in [-0.4, -0.2) is 13.0 Å². The third-order valence-corrected chi connectivity index (χ3v) is 2.14. The van der Waals surface area contributed by atoms with Crippen molar-refractivity contribution in [2.75, 3.05) is 17.7 Å². The summed E-state index contributed by atoms with van der Waals surface area (Å²) >= 11 is 0. The Labute approximate surface area is 84.5 Å². The molecule has 0 spiro atoms. The molecule has 0 aliphatic rings. The molecule has 0 aliphatic heterocycles. The van der Waals surface area contributed by atoms with Gasteiger partial charge in [-0.25, -0.2) is 0 Å². The highest BCUT2D eigenvalue weighted by Crippen LogP contribution is 2.21. The molecule has 76 valence electrons. The molecule has 0 unspecified atom stereocenters. The first-order chi connectivity index (χ1) is 6.66. The second-order valence-electron chi connectivity index (χ2n) is 3.26. The SMILES string of the molecule is CCCC(=O)N(C)c1ccccc1N. The molecular weight excluding hydrogens is 176 g/mol. The number of hydrogen-bond donors (Lipinski definition) is 1. The molecule has 1 rings (SSSR count). The van der Waals surface area contributed by atoms with Gasteiger partial charge in [-0.15, -0.1) is 0 Å². The molecule has 3 nitrogen and oxygen atoms in total. The average molecular weight is 192 g/mol. The standard InChI is InChI=1S/C11H16N2O/c1-3-6-11(14)13(2)10-8-5-4-7-9(10)12/h4-5,7-8H,3,6,12H2,1-2H3. The number of amides is 1. The fourth-order valence-electron chi connectivity index (χ4n) is 1.31. The van der Waals surface area contributed by atoms with Crippen molar-refractivity contribution < 1.29 is 4.79 Å². The molecule has 0 aliphatic carbocycles. The van der Waals surface area contributed by atoms with Gasteiger partial charge in [-0.3, -0.25) is 4.79 Å². The van der Waals surface area contributed by atoms with Crippen molar-refractivity contribution in [3.63, 3.8) is 0 Å². The molecule has 0 atom stereocenters. The second kappa shape index (κ2) is 4.65. The number of carbonyl (C=O) groups excluding carboxylic acids is 1. The number of anilines is 2. The summed E-state index contributed by atoms with van der Waals surface area (Å²) < 4.78 is 0. The zero-order valence-corrected chi connectivity index (χ0v) is 8.66. The number of nitrogen functional groups attached to an aromatic ring is 1. The van der Waals surface area contributed by atoms with E-state index in [1.54, 1.807) is 18.0 Å². The van der Waals surface area contributed by atoms with Gasteiger partial charge in [0.2, 0.25) is 5.91 Å². The first-order valence-corrected chi connectivity index (χ1v) is 4.78. The number of carbonyl (C=O) groups is 1. The number of rotatable bonds is 3. The summed E-state index contributed by atoms with van der Waals surface area (Å²) in [4.78, 5) is 13.2. The monoisotopic (exact) mass is 192 g/mol. The lowest BCUT2D eigenvalue weighted by Crippen LogP contribution is -2.26. The lowest BCUT2D eigenvalue weighted by atomic mass is 10.2. The van der Waals surface area contributed by atoms with Gasteiger partial charge in [0.1, 0.15) is 0 Å². The van der Waals surface area contributed by atoms with Crippen LogP contribution < -0.4 is 10.6 Å². The Hall–Kier alpha value is -1.51. The van der Waals surface area contributed by atoms with Gasteiger partial charge in [0.15, 0.2) is 0 Å². The maximum absolute atomic E-state index is 11.6. The Kier molecular flexibility index (Phi) is 3.51. The molecule has 0 fully saturated rings. The van der Waals surface area contributed by atoms with Gasteiger partial charge >= 0.3 is 0 Å². The van der Waals surface area contributed by atoms with E-state index in [0.29, 0.717) is 12.1 Å². The largest absolute Gasteiger partial charge is 0.397 e. The Morgan fingerprint density at radius 1 is 1.43 bits per heavy atom. The van der Waals surface area contributed by atoms with Gasteiger partial charge in [0.25, 0.3) is 0 Å². The van der Waals surface area contributed by atoms with Gasteiger partial charge < -0.3 is 10.6 Å². The van der Waals surface area contributed by atoms with Crippen LogP contribution in [0.15, 0.2) is 24.3 Å².